The molecule has 0 aromatic heterocycles. The van der Waals surface area contributed by atoms with Crippen molar-refractivity contribution in [3.63, 3.8) is 0 Å². The van der Waals surface area contributed by atoms with Crippen molar-refractivity contribution >= 4 is 29.3 Å². The van der Waals surface area contributed by atoms with Gasteiger partial charge in [-0.1, -0.05) is 0 Å². The third-order valence-electron chi connectivity index (χ3n) is 0. The SMILES string of the molecule is OB(O)O.OB(O)O.OB(O)O.OB(O)O.[H-].[H-].[Na+].[Na+]. The van der Waals surface area contributed by atoms with Crippen LogP contribution in [0.2, 0.25) is 0 Å². The van der Waals surface area contributed by atoms with Crippen LogP contribution in [0.5, 0.6) is 0 Å². The van der Waals surface area contributed by atoms with Crippen molar-refractivity contribution < 1.29 is 122 Å². The Kier molecular flexibility index (Phi) is 63.8. The van der Waals surface area contributed by atoms with Gasteiger partial charge in [-0.2, -0.15) is 0 Å². The van der Waals surface area contributed by atoms with Crippen LogP contribution in [0.4, 0.5) is 0 Å². The number of hydrogen-bond acceptors (Lipinski definition) is 12. The standard InChI is InChI=1S/4BH3O3.2Na.2H/c4*2-1(3)4;;;;/h4*2-4H;;;;/q;;;;2*+1;2*-1. The Morgan fingerprint density at radius 1 is 0.333 bits per heavy atom. The van der Waals surface area contributed by atoms with Crippen molar-refractivity contribution in [1.82, 2.24) is 0 Å². The maximum Gasteiger partial charge on any atom is 1.00 e. The van der Waals surface area contributed by atoms with Gasteiger partial charge in [-0.05, 0) is 0 Å². The van der Waals surface area contributed by atoms with Crippen molar-refractivity contribution in [1.29, 1.82) is 0 Å². The van der Waals surface area contributed by atoms with Crippen molar-refractivity contribution in [2.75, 3.05) is 0 Å². The summed E-state index contributed by atoms with van der Waals surface area (Å²) in [6.45, 7) is 0. The Hall–Kier alpha value is 1.78. The summed E-state index contributed by atoms with van der Waals surface area (Å²) in [4.78, 5) is 0. The molecule has 100 valence electrons. The van der Waals surface area contributed by atoms with E-state index in [9.17, 15) is 0 Å². The van der Waals surface area contributed by atoms with E-state index in [2.05, 4.69) is 0 Å². The predicted octanol–water partition coefficient (Wildman–Crippen LogP) is -14.0. The van der Waals surface area contributed by atoms with Crippen LogP contribution in [-0.2, 0) is 0 Å². The molecule has 0 heterocycles. The van der Waals surface area contributed by atoms with Crippen molar-refractivity contribution in [3.8, 4) is 0 Å². The van der Waals surface area contributed by atoms with Gasteiger partial charge in [0.05, 0.1) is 0 Å². The van der Waals surface area contributed by atoms with Crippen LogP contribution in [0.3, 0.4) is 0 Å². The number of hydrogen-bond donors (Lipinski definition) is 12. The third-order valence-corrected chi connectivity index (χ3v) is 0. The zero-order chi connectivity index (χ0) is 14.3. The quantitative estimate of drug-likeness (QED) is 0.186. The molecule has 0 spiro atoms. The Morgan fingerprint density at radius 3 is 0.333 bits per heavy atom. The molecule has 18 heavy (non-hydrogen) atoms. The fourth-order valence-electron chi connectivity index (χ4n) is 0. The van der Waals surface area contributed by atoms with Gasteiger partial charge in [0, 0.05) is 0 Å². The first kappa shape index (κ1) is 36.7. The van der Waals surface area contributed by atoms with Gasteiger partial charge >= 0.3 is 88.4 Å². The van der Waals surface area contributed by atoms with E-state index in [4.69, 9.17) is 60.3 Å². The number of rotatable bonds is 0. The van der Waals surface area contributed by atoms with Gasteiger partial charge in [-0.3, -0.25) is 0 Å². The largest absolute Gasteiger partial charge is 1.00 e. The molecule has 0 unspecified atom stereocenters. The minimum absolute atomic E-state index is 0. The van der Waals surface area contributed by atoms with Crippen LogP contribution in [0.25, 0.3) is 0 Å². The molecule has 0 aliphatic heterocycles. The van der Waals surface area contributed by atoms with Crippen LogP contribution in [0, 0.1) is 0 Å². The van der Waals surface area contributed by atoms with Gasteiger partial charge in [-0.25, -0.2) is 0 Å². The predicted molar refractivity (Wildman–Crippen MR) is 51.9 cm³/mol. The van der Waals surface area contributed by atoms with Crippen LogP contribution in [-0.4, -0.2) is 89.6 Å². The second kappa shape index (κ2) is 31.3. The molecule has 0 saturated carbocycles. The maximum atomic E-state index is 7.17. The van der Waals surface area contributed by atoms with Gasteiger partial charge in [0.2, 0.25) is 0 Å². The van der Waals surface area contributed by atoms with E-state index in [1.807, 2.05) is 0 Å². The average Bonchev–Trinajstić information content (AvgIpc) is 1.76. The molecule has 0 bridgehead atoms. The Morgan fingerprint density at radius 2 is 0.333 bits per heavy atom. The normalized spacial score (nSPS) is 6.00. The van der Waals surface area contributed by atoms with Gasteiger partial charge in [0.15, 0.2) is 0 Å². The van der Waals surface area contributed by atoms with Gasteiger partial charge in [0.1, 0.15) is 0 Å². The fraction of sp³-hybridized carbons (Fsp3) is 0. The Bertz CT molecular complexity index is 74.4. The Labute approximate surface area is 150 Å². The average molecular weight is 295 g/mol. The summed E-state index contributed by atoms with van der Waals surface area (Å²) in [5, 5.41) is 86.0. The molecule has 0 atom stereocenters. The second-order valence-corrected chi connectivity index (χ2v) is 1.39. The monoisotopic (exact) mass is 296 g/mol. The first-order valence-corrected chi connectivity index (χ1v) is 3.10. The van der Waals surface area contributed by atoms with E-state index in [0.29, 0.717) is 0 Å². The molecular weight excluding hydrogens is 281 g/mol. The molecule has 0 aromatic rings. The van der Waals surface area contributed by atoms with Crippen molar-refractivity contribution in [2.45, 2.75) is 0 Å². The Balaban J connectivity index is -0.0000000150. The van der Waals surface area contributed by atoms with E-state index in [1.165, 1.54) is 0 Å². The first-order chi connectivity index (χ1) is 6.93. The molecule has 0 rings (SSSR count). The van der Waals surface area contributed by atoms with E-state index in [-0.39, 0.29) is 62.0 Å². The summed E-state index contributed by atoms with van der Waals surface area (Å²) in [6.07, 6.45) is 0. The molecule has 0 aliphatic rings. The fourth-order valence-corrected chi connectivity index (χ4v) is 0. The minimum Gasteiger partial charge on any atom is -1.00 e. The van der Waals surface area contributed by atoms with E-state index in [0.717, 1.165) is 0 Å². The topological polar surface area (TPSA) is 243 Å². The van der Waals surface area contributed by atoms with Crippen LogP contribution < -0.4 is 59.1 Å². The minimum atomic E-state index is -2.17. The first-order valence-electron chi connectivity index (χ1n) is 3.10. The summed E-state index contributed by atoms with van der Waals surface area (Å²) >= 11 is 0. The second-order valence-electron chi connectivity index (χ2n) is 1.39. The zero-order valence-electron chi connectivity index (χ0n) is 11.7. The van der Waals surface area contributed by atoms with Crippen LogP contribution in [0.15, 0.2) is 0 Å². The van der Waals surface area contributed by atoms with Gasteiger partial charge in [0.25, 0.3) is 0 Å². The van der Waals surface area contributed by atoms with Crippen molar-refractivity contribution in [2.24, 2.45) is 0 Å². The van der Waals surface area contributed by atoms with Gasteiger partial charge in [-0.15, -0.1) is 0 Å². The molecule has 0 amide bonds. The molecule has 12 nitrogen and oxygen atoms in total. The van der Waals surface area contributed by atoms with Crippen LogP contribution >= 0.6 is 0 Å². The van der Waals surface area contributed by atoms with E-state index in [1.54, 1.807) is 0 Å². The van der Waals surface area contributed by atoms with Crippen molar-refractivity contribution in [3.05, 3.63) is 0 Å². The van der Waals surface area contributed by atoms with E-state index < -0.39 is 29.3 Å². The summed E-state index contributed by atoms with van der Waals surface area (Å²) in [5.74, 6) is 0. The molecular formula is H14B4Na2O12. The summed E-state index contributed by atoms with van der Waals surface area (Å²) < 4.78 is 0. The molecule has 0 fully saturated rings. The summed E-state index contributed by atoms with van der Waals surface area (Å²) in [5.41, 5.74) is 0. The maximum absolute atomic E-state index is 7.17. The zero-order valence-corrected chi connectivity index (χ0v) is 13.7. The molecule has 12 N–H and O–H groups in total. The molecule has 0 aliphatic carbocycles. The third kappa shape index (κ3) is 1580. The summed E-state index contributed by atoms with van der Waals surface area (Å²) in [6, 6.07) is 0. The van der Waals surface area contributed by atoms with E-state index >= 15 is 0 Å². The summed E-state index contributed by atoms with van der Waals surface area (Å²) in [7, 11) is -8.67. The molecule has 0 aromatic carbocycles. The molecule has 0 radical (unpaired) electrons. The smallest absolute Gasteiger partial charge is 1.00 e. The molecule has 18 heteroatoms. The van der Waals surface area contributed by atoms with Crippen LogP contribution in [0.1, 0.15) is 2.85 Å². The molecule has 0 saturated heterocycles. The van der Waals surface area contributed by atoms with Gasteiger partial charge < -0.3 is 63.1 Å².